The summed E-state index contributed by atoms with van der Waals surface area (Å²) < 4.78 is 8.45. The van der Waals surface area contributed by atoms with E-state index < -0.39 is 0 Å². The molecule has 2 aromatic carbocycles. The summed E-state index contributed by atoms with van der Waals surface area (Å²) in [5.74, 6) is 1.25. The van der Waals surface area contributed by atoms with Gasteiger partial charge in [0.2, 0.25) is 4.96 Å². The Morgan fingerprint density at radius 2 is 1.88 bits per heavy atom. The molecule has 0 N–H and O–H groups in total. The smallest absolute Gasteiger partial charge is 0.235 e. The van der Waals surface area contributed by atoms with Gasteiger partial charge in [-0.3, -0.25) is 0 Å². The van der Waals surface area contributed by atoms with Gasteiger partial charge in [-0.15, -0.1) is 10.2 Å². The Bertz CT molecular complexity index is 1050. The van der Waals surface area contributed by atoms with Crippen molar-refractivity contribution in [3.8, 4) is 17.1 Å². The maximum absolute atomic E-state index is 6.11. The van der Waals surface area contributed by atoms with E-state index in [0.717, 1.165) is 15.0 Å². The van der Waals surface area contributed by atoms with Crippen molar-refractivity contribution < 1.29 is 4.74 Å². The SMILES string of the molecule is Clc1ccc(OCc2nn3c(-c4ccc(Br)cc4)nnc3s2)c(Cl)c1. The van der Waals surface area contributed by atoms with E-state index >= 15 is 0 Å². The number of ether oxygens (including phenoxy) is 1. The van der Waals surface area contributed by atoms with Gasteiger partial charge in [-0.05, 0) is 30.3 Å². The molecule has 0 bridgehead atoms. The van der Waals surface area contributed by atoms with Crippen LogP contribution in [0.3, 0.4) is 0 Å². The first kappa shape index (κ1) is 16.8. The lowest BCUT2D eigenvalue weighted by atomic mass is 10.2. The third kappa shape index (κ3) is 3.50. The Hall–Kier alpha value is -1.67. The first-order chi connectivity index (χ1) is 12.1. The van der Waals surface area contributed by atoms with Crippen LogP contribution < -0.4 is 4.74 Å². The zero-order valence-electron chi connectivity index (χ0n) is 12.5. The second kappa shape index (κ2) is 6.92. The van der Waals surface area contributed by atoms with E-state index in [4.69, 9.17) is 27.9 Å². The predicted octanol–water partition coefficient (Wildman–Crippen LogP) is 5.50. The molecule has 126 valence electrons. The van der Waals surface area contributed by atoms with Crippen LogP contribution in [0, 0.1) is 0 Å². The van der Waals surface area contributed by atoms with Gasteiger partial charge in [0.25, 0.3) is 0 Å². The van der Waals surface area contributed by atoms with Crippen LogP contribution >= 0.6 is 50.5 Å². The second-order valence-electron chi connectivity index (χ2n) is 5.08. The van der Waals surface area contributed by atoms with Crippen molar-refractivity contribution in [3.63, 3.8) is 0 Å². The molecule has 0 saturated carbocycles. The van der Waals surface area contributed by atoms with Crippen LogP contribution in [0.1, 0.15) is 5.01 Å². The monoisotopic (exact) mass is 454 g/mol. The highest BCUT2D eigenvalue weighted by molar-refractivity contribution is 9.10. The van der Waals surface area contributed by atoms with Crippen molar-refractivity contribution in [3.05, 3.63) is 62.0 Å². The zero-order valence-corrected chi connectivity index (χ0v) is 16.4. The Labute approximate surface area is 165 Å². The number of nitrogens with zero attached hydrogens (tertiary/aromatic N) is 4. The molecule has 0 aliphatic heterocycles. The van der Waals surface area contributed by atoms with Crippen LogP contribution in [-0.2, 0) is 6.61 Å². The molecule has 5 nitrogen and oxygen atoms in total. The minimum atomic E-state index is 0.287. The molecule has 0 spiro atoms. The maximum atomic E-state index is 6.11. The van der Waals surface area contributed by atoms with Gasteiger partial charge in [0.1, 0.15) is 12.4 Å². The molecule has 2 aromatic heterocycles. The van der Waals surface area contributed by atoms with Crippen LogP contribution in [0.2, 0.25) is 10.0 Å². The lowest BCUT2D eigenvalue weighted by molar-refractivity contribution is 0.304. The first-order valence-electron chi connectivity index (χ1n) is 7.15. The van der Waals surface area contributed by atoms with Crippen LogP contribution in [0.4, 0.5) is 0 Å². The quantitative estimate of drug-likeness (QED) is 0.407. The zero-order chi connectivity index (χ0) is 17.4. The first-order valence-corrected chi connectivity index (χ1v) is 9.51. The largest absolute Gasteiger partial charge is 0.485 e. The number of hydrogen-bond donors (Lipinski definition) is 0. The van der Waals surface area contributed by atoms with E-state index in [1.54, 1.807) is 22.7 Å². The molecular weight excluding hydrogens is 447 g/mol. The standard InChI is InChI=1S/C16H9BrCl2N4OS/c17-10-3-1-9(2-4-10)15-20-21-16-23(15)22-14(25-16)8-24-13-6-5-11(18)7-12(13)19/h1-7H,8H2. The molecule has 0 unspecified atom stereocenters. The summed E-state index contributed by atoms with van der Waals surface area (Å²) in [4.78, 5) is 0.707. The number of rotatable bonds is 4. The third-order valence-electron chi connectivity index (χ3n) is 3.38. The fourth-order valence-corrected chi connectivity index (χ4v) is 3.70. The molecule has 25 heavy (non-hydrogen) atoms. The van der Waals surface area contributed by atoms with Crippen molar-refractivity contribution in [2.75, 3.05) is 0 Å². The van der Waals surface area contributed by atoms with Gasteiger partial charge in [-0.25, -0.2) is 0 Å². The Kier molecular flexibility index (Phi) is 4.64. The van der Waals surface area contributed by atoms with E-state index in [1.165, 1.54) is 11.3 Å². The van der Waals surface area contributed by atoms with Gasteiger partial charge in [-0.2, -0.15) is 9.61 Å². The number of fused-ring (bicyclic) bond motifs is 1. The molecule has 9 heteroatoms. The van der Waals surface area contributed by atoms with Crippen LogP contribution in [0.5, 0.6) is 5.75 Å². The van der Waals surface area contributed by atoms with Gasteiger partial charge in [0, 0.05) is 15.1 Å². The average molecular weight is 456 g/mol. The van der Waals surface area contributed by atoms with E-state index in [9.17, 15) is 0 Å². The second-order valence-corrected chi connectivity index (χ2v) is 7.88. The number of benzene rings is 2. The normalized spacial score (nSPS) is 11.2. The highest BCUT2D eigenvalue weighted by atomic mass is 79.9. The van der Waals surface area contributed by atoms with Crippen LogP contribution in [0.25, 0.3) is 16.3 Å². The predicted molar refractivity (Wildman–Crippen MR) is 103 cm³/mol. The summed E-state index contributed by atoms with van der Waals surface area (Å²) in [6.07, 6.45) is 0. The summed E-state index contributed by atoms with van der Waals surface area (Å²) >= 11 is 16.8. The molecule has 4 aromatic rings. The molecular formula is C16H9BrCl2N4OS. The van der Waals surface area contributed by atoms with Crippen LogP contribution in [-0.4, -0.2) is 19.8 Å². The molecule has 0 amide bonds. The molecule has 2 heterocycles. The third-order valence-corrected chi connectivity index (χ3v) is 5.31. The fraction of sp³-hybridized carbons (Fsp3) is 0.0625. The molecule has 4 rings (SSSR count). The summed E-state index contributed by atoms with van der Waals surface area (Å²) in [5.41, 5.74) is 0.939. The molecule has 0 aliphatic rings. The molecule has 0 aliphatic carbocycles. The molecule has 0 fully saturated rings. The minimum Gasteiger partial charge on any atom is -0.485 e. The summed E-state index contributed by atoms with van der Waals surface area (Å²) in [5, 5.41) is 14.7. The lowest BCUT2D eigenvalue weighted by Gasteiger charge is -2.05. The highest BCUT2D eigenvalue weighted by Crippen LogP contribution is 2.29. The van der Waals surface area contributed by atoms with Gasteiger partial charge in [0.05, 0.1) is 5.02 Å². The van der Waals surface area contributed by atoms with Crippen molar-refractivity contribution in [1.82, 2.24) is 19.8 Å². The highest BCUT2D eigenvalue weighted by Gasteiger charge is 2.14. The summed E-state index contributed by atoms with van der Waals surface area (Å²) in [6.45, 7) is 0.287. The van der Waals surface area contributed by atoms with Crippen molar-refractivity contribution in [2.24, 2.45) is 0 Å². The molecule has 0 atom stereocenters. The van der Waals surface area contributed by atoms with E-state index in [1.807, 2.05) is 24.3 Å². The summed E-state index contributed by atoms with van der Waals surface area (Å²) in [7, 11) is 0. The maximum Gasteiger partial charge on any atom is 0.235 e. The van der Waals surface area contributed by atoms with E-state index in [-0.39, 0.29) is 6.61 Å². The van der Waals surface area contributed by atoms with Crippen molar-refractivity contribution in [2.45, 2.75) is 6.61 Å². The Morgan fingerprint density at radius 3 is 2.64 bits per heavy atom. The van der Waals surface area contributed by atoms with Gasteiger partial charge in [0.15, 0.2) is 10.8 Å². The minimum absolute atomic E-state index is 0.287. The number of aromatic nitrogens is 4. The molecule has 0 saturated heterocycles. The number of halogens is 3. The molecule has 0 radical (unpaired) electrons. The Balaban J connectivity index is 1.58. The van der Waals surface area contributed by atoms with E-state index in [0.29, 0.717) is 26.6 Å². The fourth-order valence-electron chi connectivity index (χ4n) is 2.23. The van der Waals surface area contributed by atoms with Crippen molar-refractivity contribution >= 4 is 55.4 Å². The number of hydrogen-bond acceptors (Lipinski definition) is 5. The van der Waals surface area contributed by atoms with Gasteiger partial charge >= 0.3 is 0 Å². The topological polar surface area (TPSA) is 52.3 Å². The van der Waals surface area contributed by atoms with E-state index in [2.05, 4.69) is 31.2 Å². The van der Waals surface area contributed by atoms with Gasteiger partial charge < -0.3 is 4.74 Å². The average Bonchev–Trinajstić information content (AvgIpc) is 3.15. The van der Waals surface area contributed by atoms with Gasteiger partial charge in [-0.1, -0.05) is 62.6 Å². The van der Waals surface area contributed by atoms with Crippen molar-refractivity contribution in [1.29, 1.82) is 0 Å². The Morgan fingerprint density at radius 1 is 1.08 bits per heavy atom. The summed E-state index contributed by atoms with van der Waals surface area (Å²) in [6, 6.07) is 12.9. The lowest BCUT2D eigenvalue weighted by Crippen LogP contribution is -1.98. The van der Waals surface area contributed by atoms with Crippen LogP contribution in [0.15, 0.2) is 46.9 Å².